The summed E-state index contributed by atoms with van der Waals surface area (Å²) in [7, 11) is 0. The summed E-state index contributed by atoms with van der Waals surface area (Å²) in [5.41, 5.74) is 9.42. The zero-order chi connectivity index (χ0) is 15.2. The van der Waals surface area contributed by atoms with Gasteiger partial charge in [0.15, 0.2) is 6.29 Å². The normalized spacial score (nSPS) is 31.0. The summed E-state index contributed by atoms with van der Waals surface area (Å²) < 4.78 is 10.6. The van der Waals surface area contributed by atoms with Gasteiger partial charge in [-0.05, 0) is 11.1 Å². The minimum Gasteiger partial charge on any atom is -0.412 e. The van der Waals surface area contributed by atoms with E-state index in [1.54, 1.807) is 0 Å². The molecule has 5 atom stereocenters. The fourth-order valence-electron chi connectivity index (χ4n) is 2.21. The van der Waals surface area contributed by atoms with E-state index >= 15 is 0 Å². The first-order valence-electron chi connectivity index (χ1n) is 6.49. The van der Waals surface area contributed by atoms with Gasteiger partial charge < -0.3 is 30.3 Å². The van der Waals surface area contributed by atoms with Gasteiger partial charge >= 0.3 is 0 Å². The molecule has 1 saturated heterocycles. The second-order valence-electron chi connectivity index (χ2n) is 4.69. The molecule has 2 rings (SSSR count). The number of hydrogen-bond acceptors (Lipinski definition) is 6. The molecule has 0 unspecified atom stereocenters. The number of aliphatic hydroxyl groups excluding tert-OH is 3. The van der Waals surface area contributed by atoms with Crippen LogP contribution in [0.1, 0.15) is 5.56 Å². The summed E-state index contributed by atoms with van der Waals surface area (Å²) in [5.74, 6) is 0. The fourth-order valence-corrected chi connectivity index (χ4v) is 2.21. The average molecular weight is 313 g/mol. The van der Waals surface area contributed by atoms with Crippen LogP contribution >= 0.6 is 0 Å². The van der Waals surface area contributed by atoms with Crippen molar-refractivity contribution in [2.24, 2.45) is 5.11 Å². The van der Waals surface area contributed by atoms with Crippen molar-refractivity contribution in [1.29, 1.82) is 0 Å². The predicted molar refractivity (Wildman–Crippen MR) is 75.5 cm³/mol. The lowest BCUT2D eigenvalue weighted by molar-refractivity contribution is -0.258. The van der Waals surface area contributed by atoms with Gasteiger partial charge in [0.05, 0.1) is 19.3 Å². The van der Waals surface area contributed by atoms with Crippen LogP contribution in [-0.2, 0) is 16.1 Å². The fraction of sp³-hybridized carbons (Fsp3) is 0.538. The molecule has 1 aromatic rings. The van der Waals surface area contributed by atoms with Crippen molar-refractivity contribution < 1.29 is 30.3 Å². The van der Waals surface area contributed by atoms with Crippen molar-refractivity contribution in [3.8, 4) is 0 Å². The van der Waals surface area contributed by atoms with E-state index in [0.29, 0.717) is 0 Å². The molecule has 0 bridgehead atoms. The second kappa shape index (κ2) is 8.66. The predicted octanol–water partition coefficient (Wildman–Crippen LogP) is -0.504. The maximum absolute atomic E-state index is 10.1. The van der Waals surface area contributed by atoms with E-state index in [0.717, 1.165) is 5.56 Å². The molecular weight excluding hydrogens is 294 g/mol. The van der Waals surface area contributed by atoms with Crippen LogP contribution in [0.2, 0.25) is 0 Å². The molecule has 1 aromatic carbocycles. The molecule has 0 spiro atoms. The summed E-state index contributed by atoms with van der Waals surface area (Å²) in [6.07, 6.45) is -4.62. The van der Waals surface area contributed by atoms with E-state index in [2.05, 4.69) is 10.0 Å². The minimum absolute atomic E-state index is 0. The number of ether oxygens (including phenoxy) is 2. The molecule has 0 saturated carbocycles. The maximum atomic E-state index is 10.1. The minimum atomic E-state index is -1.44. The zero-order valence-electron chi connectivity index (χ0n) is 11.7. The van der Waals surface area contributed by atoms with E-state index in [9.17, 15) is 10.2 Å². The van der Waals surface area contributed by atoms with E-state index < -0.39 is 37.3 Å². The summed E-state index contributed by atoms with van der Waals surface area (Å²) in [4.78, 5) is 2.63. The molecule has 0 amide bonds. The maximum Gasteiger partial charge on any atom is 0.166 e. The number of hydrogen-bond donors (Lipinski definition) is 3. The third kappa shape index (κ3) is 4.15. The SMILES string of the molecule is O.[N-]=[N+]=N[C@@H]1[C@@H](OCc2ccccc2)[C@H](O)[C@@H](CO)O[C@H]1O. The molecule has 9 nitrogen and oxygen atoms in total. The van der Waals surface area contributed by atoms with Gasteiger partial charge in [-0.1, -0.05) is 35.4 Å². The largest absolute Gasteiger partial charge is 0.412 e. The Morgan fingerprint density at radius 3 is 2.55 bits per heavy atom. The molecular formula is C13H19N3O6. The Hall–Kier alpha value is -1.71. The summed E-state index contributed by atoms with van der Waals surface area (Å²) >= 11 is 0. The molecule has 0 aromatic heterocycles. The van der Waals surface area contributed by atoms with Crippen molar-refractivity contribution in [1.82, 2.24) is 0 Å². The van der Waals surface area contributed by atoms with Crippen molar-refractivity contribution >= 4 is 0 Å². The topological polar surface area (TPSA) is 159 Å². The van der Waals surface area contributed by atoms with Gasteiger partial charge in [0.1, 0.15) is 18.2 Å². The third-order valence-corrected chi connectivity index (χ3v) is 3.31. The first-order valence-corrected chi connectivity index (χ1v) is 6.49. The van der Waals surface area contributed by atoms with Gasteiger partial charge in [-0.25, -0.2) is 0 Å². The van der Waals surface area contributed by atoms with Crippen LogP contribution in [0, 0.1) is 0 Å². The van der Waals surface area contributed by atoms with Gasteiger partial charge in [-0.15, -0.1) is 0 Å². The molecule has 9 heteroatoms. The van der Waals surface area contributed by atoms with Gasteiger partial charge in [0, 0.05) is 4.91 Å². The third-order valence-electron chi connectivity index (χ3n) is 3.31. The van der Waals surface area contributed by atoms with Crippen molar-refractivity contribution in [2.45, 2.75) is 37.3 Å². The highest BCUT2D eigenvalue weighted by Crippen LogP contribution is 2.25. The lowest BCUT2D eigenvalue weighted by Crippen LogP contribution is -2.58. The molecule has 1 aliphatic heterocycles. The first kappa shape index (κ1) is 18.3. The Morgan fingerprint density at radius 1 is 1.27 bits per heavy atom. The Balaban J connectivity index is 0.00000242. The number of aliphatic hydroxyl groups is 3. The summed E-state index contributed by atoms with van der Waals surface area (Å²) in [5, 5.41) is 32.5. The van der Waals surface area contributed by atoms with Crippen molar-refractivity contribution in [3.05, 3.63) is 46.3 Å². The lowest BCUT2D eigenvalue weighted by atomic mass is 9.97. The molecule has 5 N–H and O–H groups in total. The van der Waals surface area contributed by atoms with Crippen LogP contribution < -0.4 is 0 Å². The Bertz CT molecular complexity index is 496. The molecule has 22 heavy (non-hydrogen) atoms. The Morgan fingerprint density at radius 2 is 1.95 bits per heavy atom. The van der Waals surface area contributed by atoms with E-state index in [-0.39, 0.29) is 12.1 Å². The van der Waals surface area contributed by atoms with Crippen molar-refractivity contribution in [2.75, 3.05) is 6.61 Å². The van der Waals surface area contributed by atoms with Gasteiger partial charge in [0.25, 0.3) is 0 Å². The van der Waals surface area contributed by atoms with Crippen LogP contribution in [0.4, 0.5) is 0 Å². The summed E-state index contributed by atoms with van der Waals surface area (Å²) in [6.45, 7) is -0.308. The van der Waals surface area contributed by atoms with Crippen LogP contribution in [-0.4, -0.2) is 58.0 Å². The van der Waals surface area contributed by atoms with Gasteiger partial charge in [-0.2, -0.15) is 0 Å². The van der Waals surface area contributed by atoms with E-state index in [1.165, 1.54) is 0 Å². The van der Waals surface area contributed by atoms with Crippen LogP contribution in [0.15, 0.2) is 35.4 Å². The van der Waals surface area contributed by atoms with Gasteiger partial charge in [-0.3, -0.25) is 0 Å². The van der Waals surface area contributed by atoms with Gasteiger partial charge in [0.2, 0.25) is 0 Å². The second-order valence-corrected chi connectivity index (χ2v) is 4.69. The molecule has 1 aliphatic rings. The Kier molecular flexibility index (Phi) is 7.22. The molecule has 0 radical (unpaired) electrons. The highest BCUT2D eigenvalue weighted by molar-refractivity contribution is 5.13. The van der Waals surface area contributed by atoms with Crippen LogP contribution in [0.3, 0.4) is 0 Å². The summed E-state index contributed by atoms with van der Waals surface area (Å²) in [6, 6.07) is 8.14. The molecule has 1 heterocycles. The highest BCUT2D eigenvalue weighted by atomic mass is 16.6. The van der Waals surface area contributed by atoms with Crippen LogP contribution in [0.5, 0.6) is 0 Å². The van der Waals surface area contributed by atoms with Crippen molar-refractivity contribution in [3.63, 3.8) is 0 Å². The standard InChI is InChI=1S/C13H17N3O5.H2O/c14-16-15-10-12(11(18)9(6-17)21-13(10)19)20-7-8-4-2-1-3-5-8;/h1-5,9-13,17-19H,6-7H2;1H2/t9-,10-,11-,12-,13-;/m1./s1. The smallest absolute Gasteiger partial charge is 0.166 e. The quantitative estimate of drug-likeness (QED) is 0.379. The average Bonchev–Trinajstić information content (AvgIpc) is 2.51. The van der Waals surface area contributed by atoms with E-state index in [1.807, 2.05) is 30.3 Å². The number of rotatable bonds is 5. The lowest BCUT2D eigenvalue weighted by Gasteiger charge is -2.40. The van der Waals surface area contributed by atoms with E-state index in [4.69, 9.17) is 20.1 Å². The highest BCUT2D eigenvalue weighted by Gasteiger charge is 2.44. The first-order chi connectivity index (χ1) is 10.2. The molecule has 0 aliphatic carbocycles. The monoisotopic (exact) mass is 313 g/mol. The zero-order valence-corrected chi connectivity index (χ0v) is 11.7. The number of benzene rings is 1. The number of azide groups is 1. The Labute approximate surface area is 126 Å². The molecule has 122 valence electrons. The number of nitrogens with zero attached hydrogens (tertiary/aromatic N) is 3. The molecule has 1 fully saturated rings. The van der Waals surface area contributed by atoms with Crippen LogP contribution in [0.25, 0.3) is 10.4 Å².